The molecule has 1 aromatic rings. The first kappa shape index (κ1) is 13.3. The Kier molecular flexibility index (Phi) is 5.26. The Morgan fingerprint density at radius 3 is 2.94 bits per heavy atom. The van der Waals surface area contributed by atoms with Crippen LogP contribution in [0.15, 0.2) is 12.3 Å². The highest BCUT2D eigenvalue weighted by Crippen LogP contribution is 2.20. The fraction of sp³-hybridized carbons (Fsp3) is 0.500. The van der Waals surface area contributed by atoms with Crippen LogP contribution in [-0.4, -0.2) is 24.1 Å². The molecular formula is C12H19N3O2. The SMILES string of the molecule is CCCCNc1nccc(C(=O)OCC)c1N. The summed E-state index contributed by atoms with van der Waals surface area (Å²) in [6.45, 7) is 4.99. The van der Waals surface area contributed by atoms with Gasteiger partial charge in [0.25, 0.3) is 0 Å². The molecule has 0 amide bonds. The van der Waals surface area contributed by atoms with Gasteiger partial charge in [-0.25, -0.2) is 9.78 Å². The van der Waals surface area contributed by atoms with E-state index in [-0.39, 0.29) is 0 Å². The topological polar surface area (TPSA) is 77.2 Å². The molecule has 3 N–H and O–H groups in total. The third-order valence-electron chi connectivity index (χ3n) is 2.31. The minimum atomic E-state index is -0.411. The van der Waals surface area contributed by atoms with Crippen LogP contribution in [0, 0.1) is 0 Å². The molecule has 0 unspecified atom stereocenters. The number of nitrogens with two attached hydrogens (primary N) is 1. The summed E-state index contributed by atoms with van der Waals surface area (Å²) in [5.41, 5.74) is 6.58. The number of carbonyl (C=O) groups is 1. The quantitative estimate of drug-likeness (QED) is 0.585. The van der Waals surface area contributed by atoms with Crippen LogP contribution in [0.4, 0.5) is 11.5 Å². The van der Waals surface area contributed by atoms with Gasteiger partial charge < -0.3 is 15.8 Å². The van der Waals surface area contributed by atoms with Gasteiger partial charge in [-0.15, -0.1) is 0 Å². The molecule has 0 atom stereocenters. The Bertz CT molecular complexity index is 380. The highest BCUT2D eigenvalue weighted by Gasteiger charge is 2.13. The van der Waals surface area contributed by atoms with Crippen molar-refractivity contribution in [2.24, 2.45) is 0 Å². The van der Waals surface area contributed by atoms with E-state index in [2.05, 4.69) is 17.2 Å². The first-order chi connectivity index (χ1) is 8.20. The van der Waals surface area contributed by atoms with Gasteiger partial charge in [0, 0.05) is 12.7 Å². The molecule has 0 bridgehead atoms. The zero-order valence-corrected chi connectivity index (χ0v) is 10.3. The molecule has 0 aliphatic heterocycles. The molecule has 0 aromatic carbocycles. The molecule has 1 aromatic heterocycles. The smallest absolute Gasteiger partial charge is 0.340 e. The summed E-state index contributed by atoms with van der Waals surface area (Å²) in [5.74, 6) is 0.134. The van der Waals surface area contributed by atoms with Crippen molar-refractivity contribution in [3.8, 4) is 0 Å². The van der Waals surface area contributed by atoms with Crippen molar-refractivity contribution >= 4 is 17.5 Å². The van der Waals surface area contributed by atoms with Crippen molar-refractivity contribution in [3.63, 3.8) is 0 Å². The summed E-state index contributed by atoms with van der Waals surface area (Å²) >= 11 is 0. The average Bonchev–Trinajstić information content (AvgIpc) is 2.32. The first-order valence-electron chi connectivity index (χ1n) is 5.86. The average molecular weight is 237 g/mol. The summed E-state index contributed by atoms with van der Waals surface area (Å²) in [5, 5.41) is 3.11. The van der Waals surface area contributed by atoms with E-state index in [4.69, 9.17) is 10.5 Å². The van der Waals surface area contributed by atoms with Gasteiger partial charge in [-0.2, -0.15) is 0 Å². The monoisotopic (exact) mass is 237 g/mol. The number of ether oxygens (including phenoxy) is 1. The summed E-state index contributed by atoms with van der Waals surface area (Å²) in [6.07, 6.45) is 3.67. The lowest BCUT2D eigenvalue weighted by Gasteiger charge is -2.10. The van der Waals surface area contributed by atoms with Crippen LogP contribution >= 0.6 is 0 Å². The second kappa shape index (κ2) is 6.73. The summed E-state index contributed by atoms with van der Waals surface area (Å²) in [4.78, 5) is 15.7. The van der Waals surface area contributed by atoms with Gasteiger partial charge in [-0.1, -0.05) is 13.3 Å². The lowest BCUT2D eigenvalue weighted by molar-refractivity contribution is 0.0527. The van der Waals surface area contributed by atoms with E-state index in [9.17, 15) is 4.79 Å². The largest absolute Gasteiger partial charge is 0.462 e. The molecule has 0 fully saturated rings. The number of aromatic nitrogens is 1. The Hall–Kier alpha value is -1.78. The second-order valence-corrected chi connectivity index (χ2v) is 3.62. The van der Waals surface area contributed by atoms with E-state index in [0.29, 0.717) is 23.7 Å². The predicted molar refractivity (Wildman–Crippen MR) is 68.0 cm³/mol. The number of carbonyl (C=O) groups excluding carboxylic acids is 1. The van der Waals surface area contributed by atoms with Gasteiger partial charge in [-0.3, -0.25) is 0 Å². The summed E-state index contributed by atoms with van der Waals surface area (Å²) in [6, 6.07) is 1.57. The third-order valence-corrected chi connectivity index (χ3v) is 2.31. The second-order valence-electron chi connectivity index (χ2n) is 3.62. The number of anilines is 2. The standard InChI is InChI=1S/C12H19N3O2/c1-3-5-7-14-11-10(13)9(6-8-15-11)12(16)17-4-2/h6,8H,3-5,7,13H2,1-2H3,(H,14,15). The third kappa shape index (κ3) is 3.62. The maximum atomic E-state index is 11.6. The Labute approximate surface area is 101 Å². The number of unbranched alkanes of at least 4 members (excludes halogenated alkanes) is 1. The van der Waals surface area contributed by atoms with E-state index < -0.39 is 5.97 Å². The normalized spacial score (nSPS) is 10.0. The first-order valence-corrected chi connectivity index (χ1v) is 5.86. The number of pyridine rings is 1. The zero-order chi connectivity index (χ0) is 12.7. The molecule has 0 aliphatic rings. The van der Waals surface area contributed by atoms with Crippen LogP contribution in [0.1, 0.15) is 37.0 Å². The number of hydrogen-bond acceptors (Lipinski definition) is 5. The molecule has 0 saturated heterocycles. The molecule has 1 rings (SSSR count). The number of hydrogen-bond donors (Lipinski definition) is 2. The number of esters is 1. The Morgan fingerprint density at radius 2 is 2.29 bits per heavy atom. The van der Waals surface area contributed by atoms with Gasteiger partial charge in [0.1, 0.15) is 5.82 Å². The molecule has 0 radical (unpaired) electrons. The van der Waals surface area contributed by atoms with Gasteiger partial charge >= 0.3 is 5.97 Å². The van der Waals surface area contributed by atoms with Crippen molar-refractivity contribution in [2.75, 3.05) is 24.2 Å². The van der Waals surface area contributed by atoms with E-state index in [0.717, 1.165) is 19.4 Å². The number of nitrogens with zero attached hydrogens (tertiary/aromatic N) is 1. The van der Waals surface area contributed by atoms with Gasteiger partial charge in [0.15, 0.2) is 0 Å². The van der Waals surface area contributed by atoms with Crippen LogP contribution in [0.2, 0.25) is 0 Å². The van der Waals surface area contributed by atoms with E-state index in [1.165, 1.54) is 0 Å². The van der Waals surface area contributed by atoms with E-state index in [1.807, 2.05) is 0 Å². The van der Waals surface area contributed by atoms with Crippen LogP contribution < -0.4 is 11.1 Å². The van der Waals surface area contributed by atoms with Gasteiger partial charge in [-0.05, 0) is 19.4 Å². The van der Waals surface area contributed by atoms with Crippen LogP contribution in [0.3, 0.4) is 0 Å². The van der Waals surface area contributed by atoms with E-state index >= 15 is 0 Å². The van der Waals surface area contributed by atoms with Crippen molar-refractivity contribution in [1.29, 1.82) is 0 Å². The predicted octanol–water partition coefficient (Wildman–Crippen LogP) is 2.05. The van der Waals surface area contributed by atoms with Gasteiger partial charge in [0.05, 0.1) is 17.9 Å². The van der Waals surface area contributed by atoms with Crippen LogP contribution in [0.25, 0.3) is 0 Å². The lowest BCUT2D eigenvalue weighted by atomic mass is 10.2. The highest BCUT2D eigenvalue weighted by atomic mass is 16.5. The van der Waals surface area contributed by atoms with Crippen molar-refractivity contribution in [1.82, 2.24) is 4.98 Å². The molecule has 5 nitrogen and oxygen atoms in total. The minimum Gasteiger partial charge on any atom is -0.462 e. The molecule has 1 heterocycles. The summed E-state index contributed by atoms with van der Waals surface area (Å²) in [7, 11) is 0. The molecule has 0 spiro atoms. The Balaban J connectivity index is 2.79. The Morgan fingerprint density at radius 1 is 1.53 bits per heavy atom. The fourth-order valence-electron chi connectivity index (χ4n) is 1.38. The lowest BCUT2D eigenvalue weighted by Crippen LogP contribution is -2.12. The molecule has 17 heavy (non-hydrogen) atoms. The van der Waals surface area contributed by atoms with Crippen LogP contribution in [0.5, 0.6) is 0 Å². The van der Waals surface area contributed by atoms with Crippen molar-refractivity contribution < 1.29 is 9.53 Å². The zero-order valence-electron chi connectivity index (χ0n) is 10.3. The van der Waals surface area contributed by atoms with Crippen molar-refractivity contribution in [2.45, 2.75) is 26.7 Å². The molecule has 0 saturated carbocycles. The van der Waals surface area contributed by atoms with Crippen molar-refractivity contribution in [3.05, 3.63) is 17.8 Å². The molecular weight excluding hydrogens is 218 g/mol. The maximum absolute atomic E-state index is 11.6. The van der Waals surface area contributed by atoms with Gasteiger partial charge in [0.2, 0.25) is 0 Å². The summed E-state index contributed by atoms with van der Waals surface area (Å²) < 4.78 is 4.91. The number of nitrogen functional groups attached to an aromatic ring is 1. The maximum Gasteiger partial charge on any atom is 0.340 e. The molecule has 5 heteroatoms. The minimum absolute atomic E-state index is 0.333. The number of rotatable bonds is 6. The number of nitrogens with one attached hydrogen (secondary N) is 1. The highest BCUT2D eigenvalue weighted by molar-refractivity contribution is 5.97. The molecule has 94 valence electrons. The van der Waals surface area contributed by atoms with E-state index in [1.54, 1.807) is 19.2 Å². The molecule has 0 aliphatic carbocycles. The fourth-order valence-corrected chi connectivity index (χ4v) is 1.38. The van der Waals surface area contributed by atoms with Crippen LogP contribution in [-0.2, 0) is 4.74 Å².